The molecule has 4 nitrogen and oxygen atoms in total. The fourth-order valence-corrected chi connectivity index (χ4v) is 5.06. The van der Waals surface area contributed by atoms with Gasteiger partial charge in [0, 0.05) is 5.38 Å². The highest BCUT2D eigenvalue weighted by Gasteiger charge is 2.20. The van der Waals surface area contributed by atoms with Gasteiger partial charge in [-0.3, -0.25) is 0 Å². The topological polar surface area (TPSA) is 70.8 Å². The molecule has 0 unspecified atom stereocenters. The number of halogens is 1. The first kappa shape index (κ1) is 19.5. The van der Waals surface area contributed by atoms with Gasteiger partial charge in [-0.15, -0.1) is 11.3 Å². The average molecular weight is 403 g/mol. The van der Waals surface area contributed by atoms with E-state index in [0.29, 0.717) is 16.9 Å². The van der Waals surface area contributed by atoms with Crippen LogP contribution in [-0.4, -0.2) is 19.2 Å². The Morgan fingerprint density at radius 1 is 1.37 bits per heavy atom. The normalized spacial score (nSPS) is 14.9. The van der Waals surface area contributed by atoms with Crippen molar-refractivity contribution in [2.75, 3.05) is 5.75 Å². The largest absolute Gasteiger partial charge is 0.245 e. The number of benzene rings is 1. The summed E-state index contributed by atoms with van der Waals surface area (Å²) in [4.78, 5) is 4.60. The Morgan fingerprint density at radius 2 is 2.19 bits per heavy atom. The highest BCUT2D eigenvalue weighted by molar-refractivity contribution is 7.95. The van der Waals surface area contributed by atoms with E-state index in [0.717, 1.165) is 29.7 Å². The zero-order valence-electron chi connectivity index (χ0n) is 14.9. The lowest BCUT2D eigenvalue weighted by atomic mass is 10.0. The van der Waals surface area contributed by atoms with Crippen molar-refractivity contribution in [2.24, 2.45) is 0 Å². The van der Waals surface area contributed by atoms with Gasteiger partial charge in [-0.1, -0.05) is 6.08 Å². The molecule has 0 N–H and O–H groups in total. The van der Waals surface area contributed by atoms with E-state index in [1.54, 1.807) is 30.7 Å². The average Bonchev–Trinajstić information content (AvgIpc) is 3.06. The fourth-order valence-electron chi connectivity index (χ4n) is 3.07. The molecule has 0 fully saturated rings. The molecule has 0 radical (unpaired) electrons. The molecule has 140 valence electrons. The van der Waals surface area contributed by atoms with Crippen molar-refractivity contribution in [2.45, 2.75) is 32.6 Å². The van der Waals surface area contributed by atoms with Crippen LogP contribution in [0.3, 0.4) is 0 Å². The molecule has 0 amide bonds. The molecule has 0 spiro atoms. The Morgan fingerprint density at radius 3 is 2.89 bits per heavy atom. The van der Waals surface area contributed by atoms with E-state index in [9.17, 15) is 12.8 Å². The van der Waals surface area contributed by atoms with E-state index in [4.69, 9.17) is 5.26 Å². The molecule has 0 aliphatic heterocycles. The number of nitrogens with zero attached hydrogens (tertiary/aromatic N) is 2. The Balaban J connectivity index is 1.82. The number of allylic oxidation sites excluding steroid dienone is 3. The molecule has 1 aliphatic carbocycles. The first-order chi connectivity index (χ1) is 12.9. The van der Waals surface area contributed by atoms with Crippen LogP contribution in [0.15, 0.2) is 40.1 Å². The third-order valence-electron chi connectivity index (χ3n) is 4.62. The second-order valence-electron chi connectivity index (χ2n) is 6.48. The van der Waals surface area contributed by atoms with Gasteiger partial charge in [-0.05, 0) is 67.5 Å². The van der Waals surface area contributed by atoms with Crippen molar-refractivity contribution in [3.05, 3.63) is 68.3 Å². The molecule has 1 aromatic carbocycles. The molecule has 1 aliphatic rings. The highest BCUT2D eigenvalue weighted by atomic mass is 32.2. The molecule has 1 aromatic heterocycles. The van der Waals surface area contributed by atoms with Gasteiger partial charge < -0.3 is 0 Å². The lowest BCUT2D eigenvalue weighted by Crippen LogP contribution is -2.11. The van der Waals surface area contributed by atoms with Crippen LogP contribution in [0.1, 0.15) is 41.6 Å². The predicted molar refractivity (Wildman–Crippen MR) is 105 cm³/mol. The summed E-state index contributed by atoms with van der Waals surface area (Å²) in [6, 6.07) is 4.52. The number of aryl methyl sites for hydroxylation is 2. The quantitative estimate of drug-likeness (QED) is 0.734. The van der Waals surface area contributed by atoms with Crippen molar-refractivity contribution in [3.8, 4) is 6.07 Å². The number of rotatable bonds is 5. The third-order valence-corrected chi connectivity index (χ3v) is 6.95. The molecule has 27 heavy (non-hydrogen) atoms. The lowest BCUT2D eigenvalue weighted by Gasteiger charge is -2.09. The molecule has 1 heterocycles. The van der Waals surface area contributed by atoms with Gasteiger partial charge in [0.1, 0.15) is 11.9 Å². The van der Waals surface area contributed by atoms with E-state index in [1.165, 1.54) is 23.5 Å². The number of hydrogen-bond donors (Lipinski definition) is 0. The van der Waals surface area contributed by atoms with Gasteiger partial charge in [-0.25, -0.2) is 17.8 Å². The maximum atomic E-state index is 13.9. The summed E-state index contributed by atoms with van der Waals surface area (Å²) in [5.41, 5.74) is 4.80. The van der Waals surface area contributed by atoms with E-state index in [-0.39, 0.29) is 17.7 Å². The van der Waals surface area contributed by atoms with E-state index in [1.807, 2.05) is 5.38 Å². The standard InChI is InChI=1S/C20H19FN2O2S2/c1-14-8-17(11-22)19(21)10-15(14)6-7-27(24,25)18-5-3-2-4-16(9-18)20-12-26-13-23-20/h5,8-10,12-13H,2-4,6-7H2,1H3. The van der Waals surface area contributed by atoms with Crippen LogP contribution in [0.25, 0.3) is 5.57 Å². The van der Waals surface area contributed by atoms with Crippen molar-refractivity contribution < 1.29 is 12.8 Å². The summed E-state index contributed by atoms with van der Waals surface area (Å²) in [5, 5.41) is 10.8. The minimum Gasteiger partial charge on any atom is -0.245 e. The van der Waals surface area contributed by atoms with Crippen LogP contribution < -0.4 is 0 Å². The van der Waals surface area contributed by atoms with Crippen LogP contribution in [0.2, 0.25) is 0 Å². The minimum absolute atomic E-state index is 0.0265. The molecule has 0 saturated heterocycles. The van der Waals surface area contributed by atoms with Gasteiger partial charge in [-0.2, -0.15) is 5.26 Å². The molecule has 0 saturated carbocycles. The highest BCUT2D eigenvalue weighted by Crippen LogP contribution is 2.28. The zero-order valence-corrected chi connectivity index (χ0v) is 16.5. The number of thiazole rings is 1. The summed E-state index contributed by atoms with van der Waals surface area (Å²) in [7, 11) is -3.50. The molecule has 3 rings (SSSR count). The molecule has 0 bridgehead atoms. The Labute approximate surface area is 162 Å². The minimum atomic E-state index is -3.50. The number of nitriles is 1. The Kier molecular flexibility index (Phi) is 5.88. The van der Waals surface area contributed by atoms with Crippen LogP contribution >= 0.6 is 11.3 Å². The number of sulfone groups is 1. The van der Waals surface area contributed by atoms with Crippen LogP contribution in [0, 0.1) is 24.1 Å². The summed E-state index contributed by atoms with van der Waals surface area (Å²) in [6.45, 7) is 1.76. The second kappa shape index (κ2) is 8.15. The summed E-state index contributed by atoms with van der Waals surface area (Å²) in [5.74, 6) is -0.721. The van der Waals surface area contributed by atoms with Crippen molar-refractivity contribution in [1.82, 2.24) is 4.98 Å². The van der Waals surface area contributed by atoms with Crippen LogP contribution in [0.4, 0.5) is 4.39 Å². The van der Waals surface area contributed by atoms with E-state index >= 15 is 0 Å². The van der Waals surface area contributed by atoms with Gasteiger partial charge in [0.25, 0.3) is 0 Å². The smallest absolute Gasteiger partial charge is 0.178 e. The van der Waals surface area contributed by atoms with Crippen LogP contribution in [0.5, 0.6) is 0 Å². The second-order valence-corrected chi connectivity index (χ2v) is 9.31. The first-order valence-corrected chi connectivity index (χ1v) is 11.2. The van der Waals surface area contributed by atoms with Gasteiger partial charge in [0.05, 0.1) is 27.4 Å². The summed E-state index contributed by atoms with van der Waals surface area (Å²) < 4.78 is 39.6. The van der Waals surface area contributed by atoms with Crippen molar-refractivity contribution >= 4 is 26.7 Å². The molecular weight excluding hydrogens is 383 g/mol. The van der Waals surface area contributed by atoms with E-state index < -0.39 is 15.7 Å². The molecule has 7 heteroatoms. The maximum absolute atomic E-state index is 13.9. The number of aromatic nitrogens is 1. The fraction of sp³-hybridized carbons (Fsp3) is 0.300. The maximum Gasteiger partial charge on any atom is 0.178 e. The monoisotopic (exact) mass is 402 g/mol. The third kappa shape index (κ3) is 4.52. The molecule has 2 aromatic rings. The first-order valence-electron chi connectivity index (χ1n) is 8.62. The summed E-state index contributed by atoms with van der Waals surface area (Å²) >= 11 is 1.48. The van der Waals surface area contributed by atoms with Gasteiger partial charge >= 0.3 is 0 Å². The van der Waals surface area contributed by atoms with Crippen LogP contribution in [-0.2, 0) is 16.3 Å². The van der Waals surface area contributed by atoms with E-state index in [2.05, 4.69) is 4.98 Å². The van der Waals surface area contributed by atoms with Crippen molar-refractivity contribution in [1.29, 1.82) is 5.26 Å². The van der Waals surface area contributed by atoms with Gasteiger partial charge in [0.15, 0.2) is 9.84 Å². The Bertz CT molecular complexity index is 1050. The van der Waals surface area contributed by atoms with Gasteiger partial charge in [0.2, 0.25) is 0 Å². The van der Waals surface area contributed by atoms with Crippen molar-refractivity contribution in [3.63, 3.8) is 0 Å². The predicted octanol–water partition coefficient (Wildman–Crippen LogP) is 4.57. The number of hydrogen-bond acceptors (Lipinski definition) is 5. The zero-order chi connectivity index (χ0) is 19.4. The Hall–Kier alpha value is -2.30. The summed E-state index contributed by atoms with van der Waals surface area (Å²) in [6.07, 6.45) is 6.06. The SMILES string of the molecule is Cc1cc(C#N)c(F)cc1CCS(=O)(=O)C1=CCCCC(c2cscn2)=C1. The lowest BCUT2D eigenvalue weighted by molar-refractivity contribution is 0.601. The molecular formula is C20H19FN2O2S2. The molecule has 0 atom stereocenters.